The number of anilines is 2. The van der Waals surface area contributed by atoms with Crippen molar-refractivity contribution in [3.8, 4) is 28.6 Å². The van der Waals surface area contributed by atoms with Crippen LogP contribution in [-0.4, -0.2) is 38.5 Å². The van der Waals surface area contributed by atoms with Gasteiger partial charge in [0, 0.05) is 18.7 Å². The van der Waals surface area contributed by atoms with Crippen LogP contribution in [0.1, 0.15) is 0 Å². The number of rotatable bonds is 6. The Labute approximate surface area is 156 Å². The number of aromatic nitrogens is 2. The number of nitrogens with zero attached hydrogens (tertiary/aromatic N) is 3. The zero-order valence-corrected chi connectivity index (χ0v) is 15.6. The highest BCUT2D eigenvalue weighted by atomic mass is 35.5. The van der Waals surface area contributed by atoms with E-state index >= 15 is 0 Å². The van der Waals surface area contributed by atoms with Crippen molar-refractivity contribution in [1.82, 2.24) is 10.1 Å². The summed E-state index contributed by atoms with van der Waals surface area (Å²) in [6, 6.07) is 11.1. The van der Waals surface area contributed by atoms with E-state index in [1.54, 1.807) is 45.4 Å². The third kappa shape index (κ3) is 3.39. The maximum Gasteiger partial charge on any atom is 0.328 e. The molecule has 1 aromatic heterocycles. The van der Waals surface area contributed by atoms with Gasteiger partial charge in [-0.1, -0.05) is 16.8 Å². The van der Waals surface area contributed by atoms with Crippen LogP contribution in [0.2, 0.25) is 5.02 Å². The summed E-state index contributed by atoms with van der Waals surface area (Å²) in [5.41, 5.74) is 1.48. The van der Waals surface area contributed by atoms with Crippen molar-refractivity contribution in [2.24, 2.45) is 0 Å². The Hall–Kier alpha value is -2.93. The lowest BCUT2D eigenvalue weighted by Crippen LogP contribution is -2.11. The summed E-state index contributed by atoms with van der Waals surface area (Å²) < 4.78 is 21.2. The van der Waals surface area contributed by atoms with E-state index in [-0.39, 0.29) is 0 Å². The van der Waals surface area contributed by atoms with Crippen molar-refractivity contribution in [2.75, 3.05) is 33.3 Å². The smallest absolute Gasteiger partial charge is 0.328 e. The van der Waals surface area contributed by atoms with Gasteiger partial charge in [-0.05, 0) is 30.3 Å². The van der Waals surface area contributed by atoms with Gasteiger partial charge in [-0.3, -0.25) is 4.90 Å². The molecule has 0 radical (unpaired) electrons. The fourth-order valence-corrected chi connectivity index (χ4v) is 2.65. The first-order chi connectivity index (χ1) is 12.6. The van der Waals surface area contributed by atoms with E-state index in [0.29, 0.717) is 34.0 Å². The number of ether oxygens (including phenoxy) is 3. The van der Waals surface area contributed by atoms with Crippen LogP contribution >= 0.6 is 11.6 Å². The Morgan fingerprint density at radius 3 is 2.27 bits per heavy atom. The van der Waals surface area contributed by atoms with E-state index in [2.05, 4.69) is 10.1 Å². The Morgan fingerprint density at radius 2 is 1.65 bits per heavy atom. The third-order valence-corrected chi connectivity index (χ3v) is 4.16. The Morgan fingerprint density at radius 1 is 0.962 bits per heavy atom. The highest BCUT2D eigenvalue weighted by Crippen LogP contribution is 2.40. The van der Waals surface area contributed by atoms with E-state index in [9.17, 15) is 0 Å². The van der Waals surface area contributed by atoms with Gasteiger partial charge in [-0.15, -0.1) is 0 Å². The molecule has 0 atom stereocenters. The first-order valence-electron chi connectivity index (χ1n) is 7.70. The van der Waals surface area contributed by atoms with E-state index in [4.69, 9.17) is 30.3 Å². The zero-order valence-electron chi connectivity index (χ0n) is 14.8. The van der Waals surface area contributed by atoms with Crippen LogP contribution in [-0.2, 0) is 0 Å². The van der Waals surface area contributed by atoms with Crippen molar-refractivity contribution in [1.29, 1.82) is 0 Å². The second-order valence-electron chi connectivity index (χ2n) is 5.35. The molecule has 0 saturated heterocycles. The largest absolute Gasteiger partial charge is 0.497 e. The van der Waals surface area contributed by atoms with Crippen LogP contribution < -0.4 is 19.1 Å². The number of hydrogen-bond donors (Lipinski definition) is 0. The van der Waals surface area contributed by atoms with E-state index in [0.717, 1.165) is 11.3 Å². The maximum absolute atomic E-state index is 6.23. The van der Waals surface area contributed by atoms with Crippen molar-refractivity contribution < 1.29 is 18.7 Å². The fourth-order valence-electron chi connectivity index (χ4n) is 2.42. The summed E-state index contributed by atoms with van der Waals surface area (Å²) in [5, 5.41) is 4.48. The van der Waals surface area contributed by atoms with Crippen LogP contribution in [0, 0.1) is 0 Å². The van der Waals surface area contributed by atoms with Gasteiger partial charge in [0.15, 0.2) is 0 Å². The van der Waals surface area contributed by atoms with Gasteiger partial charge in [-0.2, -0.15) is 4.98 Å². The summed E-state index contributed by atoms with van der Waals surface area (Å²) in [4.78, 5) is 6.14. The number of methoxy groups -OCH3 is 3. The van der Waals surface area contributed by atoms with Crippen LogP contribution in [0.3, 0.4) is 0 Å². The Balaban J connectivity index is 1.92. The normalized spacial score (nSPS) is 10.5. The predicted molar refractivity (Wildman–Crippen MR) is 98.9 cm³/mol. The Kier molecular flexibility index (Phi) is 5.18. The highest BCUT2D eigenvalue weighted by molar-refractivity contribution is 6.32. The molecule has 0 aliphatic rings. The molecular weight excluding hydrogens is 358 g/mol. The molecule has 26 heavy (non-hydrogen) atoms. The van der Waals surface area contributed by atoms with Gasteiger partial charge >= 0.3 is 6.01 Å². The van der Waals surface area contributed by atoms with Crippen molar-refractivity contribution in [2.45, 2.75) is 0 Å². The second-order valence-corrected chi connectivity index (χ2v) is 5.75. The Bertz CT molecular complexity index is 896. The number of halogens is 1. The molecule has 0 aliphatic carbocycles. The molecule has 0 unspecified atom stereocenters. The minimum absolute atomic E-state index is 0.301. The van der Waals surface area contributed by atoms with Crippen molar-refractivity contribution in [3.63, 3.8) is 0 Å². The molecule has 136 valence electrons. The van der Waals surface area contributed by atoms with E-state index < -0.39 is 0 Å². The van der Waals surface area contributed by atoms with Gasteiger partial charge in [0.1, 0.15) is 17.2 Å². The summed E-state index contributed by atoms with van der Waals surface area (Å²) >= 11 is 6.23. The van der Waals surface area contributed by atoms with E-state index in [1.807, 2.05) is 24.3 Å². The van der Waals surface area contributed by atoms with Gasteiger partial charge in [0.2, 0.25) is 5.82 Å². The third-order valence-electron chi connectivity index (χ3n) is 3.87. The average Bonchev–Trinajstić information content (AvgIpc) is 3.17. The average molecular weight is 376 g/mol. The van der Waals surface area contributed by atoms with Crippen molar-refractivity contribution in [3.05, 3.63) is 41.4 Å². The quantitative estimate of drug-likeness (QED) is 0.639. The van der Waals surface area contributed by atoms with E-state index in [1.165, 1.54) is 0 Å². The molecule has 7 nitrogen and oxygen atoms in total. The highest BCUT2D eigenvalue weighted by Gasteiger charge is 2.19. The summed E-state index contributed by atoms with van der Waals surface area (Å²) in [7, 11) is 6.51. The molecule has 0 saturated carbocycles. The van der Waals surface area contributed by atoms with Gasteiger partial charge in [0.25, 0.3) is 0 Å². The lowest BCUT2D eigenvalue weighted by molar-refractivity contribution is 0.393. The van der Waals surface area contributed by atoms with Crippen LogP contribution in [0.25, 0.3) is 11.4 Å². The molecule has 3 rings (SSSR count). The molecule has 0 bridgehead atoms. The van der Waals surface area contributed by atoms with Crippen LogP contribution in [0.4, 0.5) is 11.7 Å². The molecule has 0 aliphatic heterocycles. The second kappa shape index (κ2) is 7.53. The molecule has 0 spiro atoms. The molecule has 8 heteroatoms. The number of hydrogen-bond acceptors (Lipinski definition) is 7. The molecule has 0 amide bonds. The van der Waals surface area contributed by atoms with Crippen LogP contribution in [0.15, 0.2) is 40.9 Å². The fraction of sp³-hybridized carbons (Fsp3) is 0.222. The lowest BCUT2D eigenvalue weighted by Gasteiger charge is -2.18. The lowest BCUT2D eigenvalue weighted by atomic mass is 10.2. The SMILES string of the molecule is COc1ccc(-c2noc(N(C)c3cc(Cl)c(OC)cc3OC)n2)cc1. The molecule has 2 aromatic carbocycles. The molecular formula is C18H18ClN3O4. The first kappa shape index (κ1) is 17.9. The van der Waals surface area contributed by atoms with Crippen LogP contribution in [0.5, 0.6) is 17.2 Å². The van der Waals surface area contributed by atoms with Gasteiger partial charge in [0.05, 0.1) is 32.0 Å². The number of benzene rings is 2. The minimum Gasteiger partial charge on any atom is -0.497 e. The summed E-state index contributed by atoms with van der Waals surface area (Å²) in [5.74, 6) is 2.31. The molecule has 3 aromatic rings. The summed E-state index contributed by atoms with van der Waals surface area (Å²) in [6.07, 6.45) is 0. The van der Waals surface area contributed by atoms with Gasteiger partial charge < -0.3 is 18.7 Å². The zero-order chi connectivity index (χ0) is 18.7. The monoisotopic (exact) mass is 375 g/mol. The van der Waals surface area contributed by atoms with Crippen molar-refractivity contribution >= 4 is 23.3 Å². The van der Waals surface area contributed by atoms with Gasteiger partial charge in [-0.25, -0.2) is 0 Å². The predicted octanol–water partition coefficient (Wildman–Crippen LogP) is 4.18. The molecule has 0 fully saturated rings. The standard InChI is InChI=1S/C18H18ClN3O4/c1-22(14-9-13(19)15(24-3)10-16(14)25-4)18-20-17(21-26-18)11-5-7-12(23-2)8-6-11/h5-10H,1-4H3. The topological polar surface area (TPSA) is 69.9 Å². The maximum atomic E-state index is 6.23. The summed E-state index contributed by atoms with van der Waals surface area (Å²) in [6.45, 7) is 0. The molecule has 0 N–H and O–H groups in total. The first-order valence-corrected chi connectivity index (χ1v) is 8.08. The minimum atomic E-state index is 0.301. The molecule has 1 heterocycles.